The van der Waals surface area contributed by atoms with Gasteiger partial charge < -0.3 is 20.1 Å². The van der Waals surface area contributed by atoms with Gasteiger partial charge in [-0.25, -0.2) is 4.39 Å². The summed E-state index contributed by atoms with van der Waals surface area (Å²) >= 11 is 0. The zero-order valence-corrected chi connectivity index (χ0v) is 22.0. The molecule has 4 rings (SSSR count). The Morgan fingerprint density at radius 1 is 1.13 bits per heavy atom. The maximum atomic E-state index is 13.3. The third-order valence-corrected chi connectivity index (χ3v) is 7.39. The van der Waals surface area contributed by atoms with Crippen molar-refractivity contribution in [3.8, 4) is 5.75 Å². The SMILES string of the molecule is COc1cc(NC(=O)[C@H](Cc2ccccc2)NC(=O)c2ccc(F)cc2)ccc1S(=O)(=O)/N=C/C1CCOC1. The van der Waals surface area contributed by atoms with Crippen molar-refractivity contribution in [3.63, 3.8) is 0 Å². The number of halogens is 1. The first-order chi connectivity index (χ1) is 18.7. The smallest absolute Gasteiger partial charge is 0.285 e. The molecule has 1 saturated heterocycles. The van der Waals surface area contributed by atoms with Gasteiger partial charge in [0.15, 0.2) is 0 Å². The molecule has 1 aliphatic rings. The summed E-state index contributed by atoms with van der Waals surface area (Å²) in [5.41, 5.74) is 1.27. The molecule has 2 N–H and O–H groups in total. The maximum Gasteiger partial charge on any atom is 0.285 e. The van der Waals surface area contributed by atoms with Gasteiger partial charge in [-0.15, -0.1) is 0 Å². The first-order valence-corrected chi connectivity index (χ1v) is 13.7. The van der Waals surface area contributed by atoms with Gasteiger partial charge in [0.2, 0.25) is 5.91 Å². The molecule has 204 valence electrons. The summed E-state index contributed by atoms with van der Waals surface area (Å²) in [5, 5.41) is 5.41. The van der Waals surface area contributed by atoms with Crippen LogP contribution in [0.4, 0.5) is 10.1 Å². The van der Waals surface area contributed by atoms with Gasteiger partial charge in [0.1, 0.15) is 22.5 Å². The molecule has 9 nitrogen and oxygen atoms in total. The fourth-order valence-corrected chi connectivity index (χ4v) is 5.07. The third-order valence-electron chi connectivity index (χ3n) is 6.10. The molecular formula is C28H28FN3O6S. The molecule has 1 aliphatic heterocycles. The summed E-state index contributed by atoms with van der Waals surface area (Å²) in [6.45, 7) is 0.979. The molecule has 1 fully saturated rings. The number of nitrogens with one attached hydrogen (secondary N) is 2. The zero-order valence-electron chi connectivity index (χ0n) is 21.2. The van der Waals surface area contributed by atoms with Crippen molar-refractivity contribution < 1.29 is 31.9 Å². The quantitative estimate of drug-likeness (QED) is 0.370. The summed E-state index contributed by atoms with van der Waals surface area (Å²) in [5.74, 6) is -1.64. The summed E-state index contributed by atoms with van der Waals surface area (Å²) in [6, 6.07) is 17.2. The lowest BCUT2D eigenvalue weighted by Crippen LogP contribution is -2.45. The molecule has 3 aromatic rings. The van der Waals surface area contributed by atoms with Crippen LogP contribution in [-0.4, -0.2) is 52.8 Å². The molecule has 0 aliphatic carbocycles. The molecule has 0 spiro atoms. The maximum absolute atomic E-state index is 13.3. The van der Waals surface area contributed by atoms with Crippen LogP contribution in [0.2, 0.25) is 0 Å². The lowest BCUT2D eigenvalue weighted by atomic mass is 10.0. The number of rotatable bonds is 10. The van der Waals surface area contributed by atoms with Crippen LogP contribution in [0.1, 0.15) is 22.3 Å². The van der Waals surface area contributed by atoms with E-state index in [4.69, 9.17) is 9.47 Å². The highest BCUT2D eigenvalue weighted by Gasteiger charge is 2.24. The lowest BCUT2D eigenvalue weighted by molar-refractivity contribution is -0.118. The Morgan fingerprint density at radius 2 is 1.87 bits per heavy atom. The van der Waals surface area contributed by atoms with E-state index >= 15 is 0 Å². The molecule has 0 saturated carbocycles. The number of benzene rings is 3. The van der Waals surface area contributed by atoms with Crippen molar-refractivity contribution in [2.75, 3.05) is 25.6 Å². The fourth-order valence-electron chi connectivity index (χ4n) is 3.98. The Hall–Kier alpha value is -4.09. The van der Waals surface area contributed by atoms with Gasteiger partial charge in [-0.05, 0) is 48.4 Å². The van der Waals surface area contributed by atoms with E-state index in [1.165, 1.54) is 43.7 Å². The van der Waals surface area contributed by atoms with E-state index in [0.29, 0.717) is 19.6 Å². The Morgan fingerprint density at radius 3 is 2.54 bits per heavy atom. The molecule has 0 radical (unpaired) electrons. The van der Waals surface area contributed by atoms with Crippen LogP contribution in [0, 0.1) is 11.7 Å². The van der Waals surface area contributed by atoms with E-state index in [2.05, 4.69) is 15.0 Å². The zero-order chi connectivity index (χ0) is 27.8. The highest BCUT2D eigenvalue weighted by molar-refractivity contribution is 7.90. The number of hydrogen-bond acceptors (Lipinski definition) is 6. The van der Waals surface area contributed by atoms with Crippen molar-refractivity contribution in [3.05, 3.63) is 89.7 Å². The Kier molecular flexibility index (Phi) is 9.05. The van der Waals surface area contributed by atoms with Crippen molar-refractivity contribution in [1.29, 1.82) is 0 Å². The number of nitrogens with zero attached hydrogens (tertiary/aromatic N) is 1. The second-order valence-corrected chi connectivity index (χ2v) is 10.5. The minimum Gasteiger partial charge on any atom is -0.495 e. The topological polar surface area (TPSA) is 123 Å². The number of carbonyl (C=O) groups is 2. The van der Waals surface area contributed by atoms with E-state index in [1.807, 2.05) is 30.3 Å². The first-order valence-electron chi connectivity index (χ1n) is 12.2. The first kappa shape index (κ1) is 27.9. The normalized spacial score (nSPS) is 16.1. The highest BCUT2D eigenvalue weighted by atomic mass is 32.2. The van der Waals surface area contributed by atoms with Gasteiger partial charge in [0.05, 0.1) is 13.7 Å². The van der Waals surface area contributed by atoms with Crippen molar-refractivity contribution in [1.82, 2.24) is 5.32 Å². The lowest BCUT2D eigenvalue weighted by Gasteiger charge is -2.19. The molecule has 3 aromatic carbocycles. The third kappa shape index (κ3) is 7.49. The van der Waals surface area contributed by atoms with E-state index in [-0.39, 0.29) is 34.2 Å². The van der Waals surface area contributed by atoms with Crippen LogP contribution in [0.15, 0.2) is 82.1 Å². The summed E-state index contributed by atoms with van der Waals surface area (Å²) in [4.78, 5) is 25.9. The molecule has 2 amide bonds. The van der Waals surface area contributed by atoms with E-state index in [9.17, 15) is 22.4 Å². The Labute approximate surface area is 226 Å². The second-order valence-electron chi connectivity index (χ2n) is 8.93. The van der Waals surface area contributed by atoms with Crippen LogP contribution in [0.3, 0.4) is 0 Å². The number of sulfonamides is 1. The minimum absolute atomic E-state index is 0.00239. The summed E-state index contributed by atoms with van der Waals surface area (Å²) in [7, 11) is -2.73. The van der Waals surface area contributed by atoms with Crippen LogP contribution >= 0.6 is 0 Å². The molecule has 2 atom stereocenters. The van der Waals surface area contributed by atoms with Gasteiger partial charge in [0.25, 0.3) is 15.9 Å². The predicted octanol–water partition coefficient (Wildman–Crippen LogP) is 3.61. The molecule has 0 aromatic heterocycles. The second kappa shape index (κ2) is 12.6. The number of anilines is 1. The number of carbonyl (C=O) groups excluding carboxylic acids is 2. The molecule has 39 heavy (non-hydrogen) atoms. The summed E-state index contributed by atoms with van der Waals surface area (Å²) < 4.78 is 53.2. The van der Waals surface area contributed by atoms with Crippen LogP contribution in [-0.2, 0) is 26.0 Å². The van der Waals surface area contributed by atoms with Crippen LogP contribution in [0.25, 0.3) is 0 Å². The standard InChI is InChI=1S/C28H28FN3O6S/c1-37-25-16-23(11-12-26(25)39(35,36)30-17-20-13-14-38-18-20)31-28(34)24(15-19-5-3-2-4-6-19)32-27(33)21-7-9-22(29)10-8-21/h2-12,16-17,20,24H,13-15,18H2,1H3,(H,31,34)(H,32,33)/b30-17+/t20?,24-/m0/s1. The van der Waals surface area contributed by atoms with E-state index in [1.54, 1.807) is 0 Å². The Balaban J connectivity index is 1.53. The van der Waals surface area contributed by atoms with Crippen LogP contribution < -0.4 is 15.4 Å². The van der Waals surface area contributed by atoms with Gasteiger partial charge in [-0.2, -0.15) is 12.8 Å². The van der Waals surface area contributed by atoms with Gasteiger partial charge in [0, 0.05) is 42.5 Å². The number of ether oxygens (including phenoxy) is 2. The number of amides is 2. The molecule has 1 unspecified atom stereocenters. The average molecular weight is 554 g/mol. The largest absolute Gasteiger partial charge is 0.495 e. The number of hydrogen-bond donors (Lipinski definition) is 2. The Bertz CT molecular complexity index is 1440. The highest BCUT2D eigenvalue weighted by Crippen LogP contribution is 2.29. The molecule has 0 bridgehead atoms. The van der Waals surface area contributed by atoms with Gasteiger partial charge in [-0.3, -0.25) is 9.59 Å². The van der Waals surface area contributed by atoms with Crippen molar-refractivity contribution in [2.45, 2.75) is 23.8 Å². The molecular weight excluding hydrogens is 525 g/mol. The van der Waals surface area contributed by atoms with Gasteiger partial charge in [-0.1, -0.05) is 30.3 Å². The average Bonchev–Trinajstić information content (AvgIpc) is 3.46. The van der Waals surface area contributed by atoms with Crippen molar-refractivity contribution in [2.24, 2.45) is 10.3 Å². The number of methoxy groups -OCH3 is 1. The fraction of sp³-hybridized carbons (Fsp3) is 0.250. The molecule has 11 heteroatoms. The van der Waals surface area contributed by atoms with E-state index in [0.717, 1.165) is 17.7 Å². The molecule has 1 heterocycles. The van der Waals surface area contributed by atoms with Gasteiger partial charge >= 0.3 is 0 Å². The van der Waals surface area contributed by atoms with Crippen LogP contribution in [0.5, 0.6) is 5.75 Å². The monoisotopic (exact) mass is 553 g/mol. The van der Waals surface area contributed by atoms with Crippen molar-refractivity contribution >= 4 is 33.7 Å². The minimum atomic E-state index is -4.05. The van der Waals surface area contributed by atoms with E-state index < -0.39 is 33.7 Å². The predicted molar refractivity (Wildman–Crippen MR) is 144 cm³/mol. The summed E-state index contributed by atoms with van der Waals surface area (Å²) in [6.07, 6.45) is 2.25.